The maximum absolute atomic E-state index is 11.8. The number of nitrogens with zero attached hydrogens (tertiary/aromatic N) is 5. The quantitative estimate of drug-likeness (QED) is 0.492. The van der Waals surface area contributed by atoms with Crippen molar-refractivity contribution in [3.63, 3.8) is 0 Å². The van der Waals surface area contributed by atoms with E-state index in [1.54, 1.807) is 6.20 Å². The predicted octanol–water partition coefficient (Wildman–Crippen LogP) is 2.20. The largest absolute Gasteiger partial charge is 0.378 e. The van der Waals surface area contributed by atoms with Crippen molar-refractivity contribution in [3.8, 4) is 0 Å². The molecule has 2 saturated heterocycles. The van der Waals surface area contributed by atoms with Crippen molar-refractivity contribution in [3.05, 3.63) is 43.1 Å². The molecule has 0 aliphatic carbocycles. The number of aromatic nitrogens is 4. The average Bonchev–Trinajstić information content (AvgIpc) is 3.33. The molecule has 4 heterocycles. The Hall–Kier alpha value is -3.66. The summed E-state index contributed by atoms with van der Waals surface area (Å²) in [6, 6.07) is 8.31. The number of fused-ring (bicyclic) bond motifs is 1. The normalized spacial score (nSPS) is 18.8. The lowest BCUT2D eigenvalue weighted by Crippen LogP contribution is -2.47. The van der Waals surface area contributed by atoms with Crippen LogP contribution in [0.15, 0.2) is 43.1 Å². The van der Waals surface area contributed by atoms with Gasteiger partial charge in [-0.1, -0.05) is 6.58 Å². The van der Waals surface area contributed by atoms with Gasteiger partial charge in [0.2, 0.25) is 11.9 Å². The van der Waals surface area contributed by atoms with E-state index in [0.29, 0.717) is 18.1 Å². The first-order valence-corrected chi connectivity index (χ1v) is 11.3. The monoisotopic (exact) mass is 448 g/mol. The molecule has 1 atom stereocenters. The molecule has 2 aliphatic heterocycles. The highest BCUT2D eigenvalue weighted by Gasteiger charge is 2.24. The molecule has 0 saturated carbocycles. The van der Waals surface area contributed by atoms with Gasteiger partial charge in [0.1, 0.15) is 5.82 Å². The van der Waals surface area contributed by atoms with E-state index in [4.69, 9.17) is 9.72 Å². The number of ether oxygens (including phenoxy) is 1. The summed E-state index contributed by atoms with van der Waals surface area (Å²) >= 11 is 0. The molecule has 1 amide bonds. The number of rotatable bonds is 6. The fourth-order valence-electron chi connectivity index (χ4n) is 4.37. The van der Waals surface area contributed by atoms with Gasteiger partial charge in [-0.25, -0.2) is 0 Å². The third-order valence-electron chi connectivity index (χ3n) is 6.04. The number of hydrogen-bond donors (Lipinski definition) is 3. The van der Waals surface area contributed by atoms with Crippen molar-refractivity contribution in [2.45, 2.75) is 18.9 Å². The number of carbonyl (C=O) groups excluding carboxylic acids is 1. The number of benzene rings is 1. The number of amides is 1. The summed E-state index contributed by atoms with van der Waals surface area (Å²) in [6.45, 7) is 8.39. The molecule has 5 rings (SSSR count). The molecule has 0 radical (unpaired) electrons. The minimum atomic E-state index is -0.152. The highest BCUT2D eigenvalue weighted by Crippen LogP contribution is 2.28. The molecule has 33 heavy (non-hydrogen) atoms. The number of anilines is 4. The lowest BCUT2D eigenvalue weighted by Gasteiger charge is -2.34. The van der Waals surface area contributed by atoms with Gasteiger partial charge in [-0.15, -0.1) is 0 Å². The zero-order valence-electron chi connectivity index (χ0n) is 18.5. The van der Waals surface area contributed by atoms with Crippen molar-refractivity contribution in [2.75, 3.05) is 54.5 Å². The molecule has 0 bridgehead atoms. The van der Waals surface area contributed by atoms with Crippen LogP contribution < -0.4 is 20.4 Å². The summed E-state index contributed by atoms with van der Waals surface area (Å²) in [5.41, 5.74) is 2.76. The molecule has 10 nitrogen and oxygen atoms in total. The summed E-state index contributed by atoms with van der Waals surface area (Å²) in [4.78, 5) is 25.7. The SMILES string of the molecule is C=CC(=O)N[C@H]1CCCN(c2nc(Nc3ccc(N4CCOCC4)cc3)nc3[nH]ncc23)C1. The molecule has 2 fully saturated rings. The van der Waals surface area contributed by atoms with Crippen LogP contribution in [0.5, 0.6) is 0 Å². The smallest absolute Gasteiger partial charge is 0.243 e. The van der Waals surface area contributed by atoms with E-state index < -0.39 is 0 Å². The van der Waals surface area contributed by atoms with Crippen LogP contribution in [0.4, 0.5) is 23.1 Å². The molecule has 0 spiro atoms. The number of morpholine rings is 1. The van der Waals surface area contributed by atoms with Crippen LogP contribution in [-0.2, 0) is 9.53 Å². The first-order chi connectivity index (χ1) is 16.2. The molecule has 0 unspecified atom stereocenters. The van der Waals surface area contributed by atoms with E-state index in [1.807, 2.05) is 12.1 Å². The van der Waals surface area contributed by atoms with Gasteiger partial charge in [-0.3, -0.25) is 9.89 Å². The Morgan fingerprint density at radius 3 is 2.76 bits per heavy atom. The Kier molecular flexibility index (Phi) is 6.07. The summed E-state index contributed by atoms with van der Waals surface area (Å²) < 4.78 is 5.44. The Morgan fingerprint density at radius 2 is 1.97 bits per heavy atom. The van der Waals surface area contributed by atoms with Crippen LogP contribution in [0, 0.1) is 0 Å². The van der Waals surface area contributed by atoms with Crippen LogP contribution in [0.1, 0.15) is 12.8 Å². The summed E-state index contributed by atoms with van der Waals surface area (Å²) in [7, 11) is 0. The van der Waals surface area contributed by atoms with Gasteiger partial charge in [0.25, 0.3) is 0 Å². The van der Waals surface area contributed by atoms with E-state index >= 15 is 0 Å². The van der Waals surface area contributed by atoms with Crippen molar-refractivity contribution in [1.82, 2.24) is 25.5 Å². The third kappa shape index (κ3) is 4.75. The van der Waals surface area contributed by atoms with Crippen molar-refractivity contribution in [1.29, 1.82) is 0 Å². The fourth-order valence-corrected chi connectivity index (χ4v) is 4.37. The molecule has 3 N–H and O–H groups in total. The van der Waals surface area contributed by atoms with Crippen LogP contribution in [0.3, 0.4) is 0 Å². The number of piperidine rings is 1. The molecule has 10 heteroatoms. The second-order valence-corrected chi connectivity index (χ2v) is 8.27. The molecular formula is C23H28N8O2. The maximum Gasteiger partial charge on any atom is 0.243 e. The minimum absolute atomic E-state index is 0.0466. The van der Waals surface area contributed by atoms with Gasteiger partial charge in [0, 0.05) is 43.6 Å². The Morgan fingerprint density at radius 1 is 1.15 bits per heavy atom. The van der Waals surface area contributed by atoms with E-state index in [0.717, 1.165) is 62.6 Å². The zero-order valence-corrected chi connectivity index (χ0v) is 18.5. The minimum Gasteiger partial charge on any atom is -0.378 e. The van der Waals surface area contributed by atoms with E-state index in [9.17, 15) is 4.79 Å². The number of hydrogen-bond acceptors (Lipinski definition) is 8. The maximum atomic E-state index is 11.8. The van der Waals surface area contributed by atoms with Crippen LogP contribution in [0.2, 0.25) is 0 Å². The average molecular weight is 449 g/mol. The van der Waals surface area contributed by atoms with E-state index in [-0.39, 0.29) is 11.9 Å². The zero-order chi connectivity index (χ0) is 22.6. The first-order valence-electron chi connectivity index (χ1n) is 11.3. The van der Waals surface area contributed by atoms with Gasteiger partial charge in [-0.2, -0.15) is 15.1 Å². The molecular weight excluding hydrogens is 420 g/mol. The van der Waals surface area contributed by atoms with E-state index in [1.165, 1.54) is 11.8 Å². The van der Waals surface area contributed by atoms with Gasteiger partial charge >= 0.3 is 0 Å². The lowest BCUT2D eigenvalue weighted by atomic mass is 10.1. The second-order valence-electron chi connectivity index (χ2n) is 8.27. The number of aromatic amines is 1. The predicted molar refractivity (Wildman–Crippen MR) is 128 cm³/mol. The fraction of sp³-hybridized carbons (Fsp3) is 0.391. The van der Waals surface area contributed by atoms with Gasteiger partial charge in [0.15, 0.2) is 5.65 Å². The van der Waals surface area contributed by atoms with Crippen LogP contribution in [-0.4, -0.2) is 71.5 Å². The first kappa shape index (κ1) is 21.2. The molecule has 172 valence electrons. The van der Waals surface area contributed by atoms with Crippen LogP contribution in [0.25, 0.3) is 11.0 Å². The van der Waals surface area contributed by atoms with Crippen molar-refractivity contribution in [2.24, 2.45) is 0 Å². The second kappa shape index (κ2) is 9.45. The van der Waals surface area contributed by atoms with Gasteiger partial charge in [-0.05, 0) is 43.2 Å². The summed E-state index contributed by atoms with van der Waals surface area (Å²) in [5.74, 6) is 1.15. The topological polar surface area (TPSA) is 111 Å². The van der Waals surface area contributed by atoms with Crippen molar-refractivity contribution < 1.29 is 9.53 Å². The molecule has 1 aromatic carbocycles. The third-order valence-corrected chi connectivity index (χ3v) is 6.04. The number of carbonyl (C=O) groups is 1. The Labute approximate surface area is 192 Å². The molecule has 2 aliphatic rings. The molecule has 2 aromatic heterocycles. The van der Waals surface area contributed by atoms with E-state index in [2.05, 4.69) is 54.3 Å². The van der Waals surface area contributed by atoms with Gasteiger partial charge < -0.3 is 25.2 Å². The number of nitrogens with one attached hydrogen (secondary N) is 3. The highest BCUT2D eigenvalue weighted by molar-refractivity contribution is 5.89. The Bertz CT molecular complexity index is 1120. The summed E-state index contributed by atoms with van der Waals surface area (Å²) in [5, 5.41) is 14.3. The summed E-state index contributed by atoms with van der Waals surface area (Å²) in [6.07, 6.45) is 4.94. The number of H-pyrrole nitrogens is 1. The highest BCUT2D eigenvalue weighted by atomic mass is 16.5. The van der Waals surface area contributed by atoms with Crippen molar-refractivity contribution >= 4 is 40.1 Å². The van der Waals surface area contributed by atoms with Crippen LogP contribution >= 0.6 is 0 Å². The standard InChI is InChI=1S/C23H28N8O2/c1-2-20(32)25-17-4-3-9-31(15-17)22-19-14-24-29-21(19)27-23(28-22)26-16-5-7-18(8-6-16)30-10-12-33-13-11-30/h2,5-8,14,17H,1,3-4,9-13,15H2,(H,25,32)(H2,24,26,27,28,29)/t17-/m0/s1. The Balaban J connectivity index is 1.35. The van der Waals surface area contributed by atoms with Gasteiger partial charge in [0.05, 0.1) is 24.8 Å². The molecule has 3 aromatic rings. The lowest BCUT2D eigenvalue weighted by molar-refractivity contribution is -0.117.